The Hall–Kier alpha value is -1.60. The Bertz CT molecular complexity index is 514. The summed E-state index contributed by atoms with van der Waals surface area (Å²) in [6, 6.07) is 2.17. The lowest BCUT2D eigenvalue weighted by Crippen LogP contribution is -2.32. The van der Waals surface area contributed by atoms with Crippen LogP contribution in [0.3, 0.4) is 0 Å². The third-order valence-electron chi connectivity index (χ3n) is 3.06. The lowest BCUT2D eigenvalue weighted by molar-refractivity contribution is -0.140. The van der Waals surface area contributed by atoms with E-state index in [9.17, 15) is 17.6 Å². The summed E-state index contributed by atoms with van der Waals surface area (Å²) in [7, 11) is 0. The van der Waals surface area contributed by atoms with Gasteiger partial charge in [0.25, 0.3) is 0 Å². The molecule has 1 aliphatic heterocycles. The first kappa shape index (κ1) is 14.8. The van der Waals surface area contributed by atoms with Crippen molar-refractivity contribution in [2.24, 2.45) is 5.84 Å². The van der Waals surface area contributed by atoms with Crippen LogP contribution in [0, 0.1) is 5.82 Å². The summed E-state index contributed by atoms with van der Waals surface area (Å²) < 4.78 is 57.5. The second kappa shape index (κ2) is 5.80. The van der Waals surface area contributed by atoms with Gasteiger partial charge in [0, 0.05) is 5.56 Å². The van der Waals surface area contributed by atoms with Crippen molar-refractivity contribution in [3.05, 3.63) is 47.0 Å². The normalized spacial score (nSPS) is 17.4. The number of nitrogens with one attached hydrogen (secondary N) is 1. The fourth-order valence-electron chi connectivity index (χ4n) is 2.09. The Morgan fingerprint density at radius 2 is 2.05 bits per heavy atom. The number of allylic oxidation sites excluding steroid dienone is 1. The molecule has 1 heterocycles. The number of hydrazine groups is 1. The van der Waals surface area contributed by atoms with Crippen molar-refractivity contribution in [2.45, 2.75) is 25.1 Å². The Balaban J connectivity index is 2.42. The lowest BCUT2D eigenvalue weighted by atomic mass is 10.00. The second-order valence-corrected chi connectivity index (χ2v) is 4.40. The number of benzene rings is 1. The summed E-state index contributed by atoms with van der Waals surface area (Å²) in [5.74, 6) is 4.35. The molecule has 0 saturated heterocycles. The van der Waals surface area contributed by atoms with Gasteiger partial charge in [-0.3, -0.25) is 5.84 Å². The van der Waals surface area contributed by atoms with E-state index >= 15 is 0 Å². The summed E-state index contributed by atoms with van der Waals surface area (Å²) >= 11 is 0. The molecule has 2 rings (SSSR count). The SMILES string of the molecule is NNC(C1=CCCCO1)c1cccc(C(F)(F)F)c1F. The van der Waals surface area contributed by atoms with Crippen molar-refractivity contribution >= 4 is 0 Å². The Labute approximate surface area is 113 Å². The predicted octanol–water partition coefficient (Wildman–Crippen LogP) is 3.04. The number of hydrogen-bond acceptors (Lipinski definition) is 3. The summed E-state index contributed by atoms with van der Waals surface area (Å²) in [6.45, 7) is 0.435. The molecule has 3 N–H and O–H groups in total. The molecule has 0 fully saturated rings. The van der Waals surface area contributed by atoms with Gasteiger partial charge in [0.1, 0.15) is 17.6 Å². The van der Waals surface area contributed by atoms with Crippen molar-refractivity contribution < 1.29 is 22.3 Å². The van der Waals surface area contributed by atoms with Crippen LogP contribution in [-0.2, 0) is 10.9 Å². The van der Waals surface area contributed by atoms with Crippen LogP contribution in [0.2, 0.25) is 0 Å². The Morgan fingerprint density at radius 3 is 2.60 bits per heavy atom. The molecule has 20 heavy (non-hydrogen) atoms. The maximum atomic E-state index is 14.1. The minimum Gasteiger partial charge on any atom is -0.496 e. The zero-order valence-corrected chi connectivity index (χ0v) is 10.5. The monoisotopic (exact) mass is 290 g/mol. The van der Waals surface area contributed by atoms with Crippen LogP contribution >= 0.6 is 0 Å². The quantitative estimate of drug-likeness (QED) is 0.511. The summed E-state index contributed by atoms with van der Waals surface area (Å²) in [4.78, 5) is 0. The average Bonchev–Trinajstić information content (AvgIpc) is 2.41. The van der Waals surface area contributed by atoms with Crippen molar-refractivity contribution in [2.75, 3.05) is 6.61 Å². The topological polar surface area (TPSA) is 47.3 Å². The van der Waals surface area contributed by atoms with Crippen molar-refractivity contribution in [3.63, 3.8) is 0 Å². The van der Waals surface area contributed by atoms with Gasteiger partial charge >= 0.3 is 6.18 Å². The van der Waals surface area contributed by atoms with E-state index in [1.807, 2.05) is 0 Å². The first-order chi connectivity index (χ1) is 9.45. The maximum Gasteiger partial charge on any atom is 0.419 e. The van der Waals surface area contributed by atoms with E-state index in [0.29, 0.717) is 24.9 Å². The van der Waals surface area contributed by atoms with E-state index in [2.05, 4.69) is 5.43 Å². The van der Waals surface area contributed by atoms with Crippen LogP contribution in [0.15, 0.2) is 30.0 Å². The van der Waals surface area contributed by atoms with E-state index in [1.54, 1.807) is 6.08 Å². The highest BCUT2D eigenvalue weighted by molar-refractivity contribution is 5.34. The molecule has 1 aromatic carbocycles. The number of nitrogens with two attached hydrogens (primary N) is 1. The smallest absolute Gasteiger partial charge is 0.419 e. The molecule has 1 aliphatic rings. The summed E-state index contributed by atoms with van der Waals surface area (Å²) in [5.41, 5.74) is 0.809. The standard InChI is InChI=1S/C13H14F4N2O/c14-11-8(4-3-5-9(11)13(15,16)17)12(19-18)10-6-1-2-7-20-10/h3-6,12,19H,1-2,7,18H2. The van der Waals surface area contributed by atoms with E-state index < -0.39 is 23.6 Å². The molecule has 0 amide bonds. The first-order valence-corrected chi connectivity index (χ1v) is 6.09. The average molecular weight is 290 g/mol. The number of alkyl halides is 3. The molecular weight excluding hydrogens is 276 g/mol. The fourth-order valence-corrected chi connectivity index (χ4v) is 2.09. The van der Waals surface area contributed by atoms with Gasteiger partial charge in [-0.25, -0.2) is 9.82 Å². The maximum absolute atomic E-state index is 14.1. The molecule has 1 atom stereocenters. The molecule has 1 aromatic rings. The highest BCUT2D eigenvalue weighted by atomic mass is 19.4. The highest BCUT2D eigenvalue weighted by Crippen LogP contribution is 2.35. The van der Waals surface area contributed by atoms with Gasteiger partial charge in [0.2, 0.25) is 0 Å². The molecule has 1 unspecified atom stereocenters. The van der Waals surface area contributed by atoms with Crippen molar-refractivity contribution in [3.8, 4) is 0 Å². The predicted molar refractivity (Wildman–Crippen MR) is 64.7 cm³/mol. The lowest BCUT2D eigenvalue weighted by Gasteiger charge is -2.24. The first-order valence-electron chi connectivity index (χ1n) is 6.09. The zero-order chi connectivity index (χ0) is 14.8. The van der Waals surface area contributed by atoms with Crippen molar-refractivity contribution in [1.29, 1.82) is 0 Å². The molecule has 110 valence electrons. The van der Waals surface area contributed by atoms with Gasteiger partial charge in [-0.2, -0.15) is 13.2 Å². The largest absolute Gasteiger partial charge is 0.496 e. The van der Waals surface area contributed by atoms with Gasteiger partial charge in [-0.15, -0.1) is 0 Å². The van der Waals surface area contributed by atoms with E-state index in [0.717, 1.165) is 12.5 Å². The van der Waals surface area contributed by atoms with E-state index in [1.165, 1.54) is 6.07 Å². The van der Waals surface area contributed by atoms with Crippen molar-refractivity contribution in [1.82, 2.24) is 5.43 Å². The molecule has 0 aliphatic carbocycles. The fraction of sp³-hybridized carbons (Fsp3) is 0.385. The molecule has 0 bridgehead atoms. The number of hydrogen-bond donors (Lipinski definition) is 2. The van der Waals surface area contributed by atoms with E-state index in [-0.39, 0.29) is 5.56 Å². The van der Waals surface area contributed by atoms with Crippen LogP contribution in [-0.4, -0.2) is 6.61 Å². The zero-order valence-electron chi connectivity index (χ0n) is 10.5. The van der Waals surface area contributed by atoms with Crippen LogP contribution in [0.4, 0.5) is 17.6 Å². The van der Waals surface area contributed by atoms with Gasteiger partial charge < -0.3 is 4.74 Å². The van der Waals surface area contributed by atoms with Crippen LogP contribution in [0.25, 0.3) is 0 Å². The number of halogens is 4. The third-order valence-corrected chi connectivity index (χ3v) is 3.06. The second-order valence-electron chi connectivity index (χ2n) is 4.40. The van der Waals surface area contributed by atoms with Gasteiger partial charge in [0.15, 0.2) is 0 Å². The van der Waals surface area contributed by atoms with E-state index in [4.69, 9.17) is 10.6 Å². The summed E-state index contributed by atoms with van der Waals surface area (Å²) in [6.07, 6.45) is -1.52. The molecule has 7 heteroatoms. The number of ether oxygens (including phenoxy) is 1. The molecule has 0 radical (unpaired) electrons. The summed E-state index contributed by atoms with van der Waals surface area (Å²) in [5, 5.41) is 0. The Morgan fingerprint density at radius 1 is 1.30 bits per heavy atom. The van der Waals surface area contributed by atoms with Crippen LogP contribution in [0.5, 0.6) is 0 Å². The van der Waals surface area contributed by atoms with Gasteiger partial charge in [0.05, 0.1) is 12.2 Å². The van der Waals surface area contributed by atoms with Crippen LogP contribution < -0.4 is 11.3 Å². The molecule has 3 nitrogen and oxygen atoms in total. The van der Waals surface area contributed by atoms with Crippen LogP contribution in [0.1, 0.15) is 30.0 Å². The molecular formula is C13H14F4N2O. The molecule has 0 saturated carbocycles. The molecule has 0 spiro atoms. The third kappa shape index (κ3) is 2.94. The highest BCUT2D eigenvalue weighted by Gasteiger charge is 2.36. The Kier molecular flexibility index (Phi) is 4.29. The number of rotatable bonds is 3. The van der Waals surface area contributed by atoms with Gasteiger partial charge in [-0.1, -0.05) is 12.1 Å². The minimum atomic E-state index is -4.75. The minimum absolute atomic E-state index is 0.185. The molecule has 0 aromatic heterocycles. The van der Waals surface area contributed by atoms with Gasteiger partial charge in [-0.05, 0) is 25.0 Å².